The van der Waals surface area contributed by atoms with Gasteiger partial charge in [-0.25, -0.2) is 4.39 Å². The summed E-state index contributed by atoms with van der Waals surface area (Å²) in [6, 6.07) is 6.71. The lowest BCUT2D eigenvalue weighted by molar-refractivity contribution is -0.143. The summed E-state index contributed by atoms with van der Waals surface area (Å²) in [5.41, 5.74) is 0.953. The van der Waals surface area contributed by atoms with Crippen molar-refractivity contribution in [2.75, 3.05) is 39.3 Å². The summed E-state index contributed by atoms with van der Waals surface area (Å²) < 4.78 is 13.4. The van der Waals surface area contributed by atoms with E-state index in [9.17, 15) is 14.0 Å². The number of piperidine rings is 2. The van der Waals surface area contributed by atoms with Gasteiger partial charge in [-0.3, -0.25) is 14.5 Å². The molecule has 6 heteroatoms. The van der Waals surface area contributed by atoms with E-state index in [1.165, 1.54) is 6.07 Å². The van der Waals surface area contributed by atoms with Gasteiger partial charge in [-0.1, -0.05) is 12.1 Å². The summed E-state index contributed by atoms with van der Waals surface area (Å²) in [7, 11) is 0. The van der Waals surface area contributed by atoms with Crippen molar-refractivity contribution in [1.29, 1.82) is 0 Å². The second-order valence-electron chi connectivity index (χ2n) is 8.31. The first-order chi connectivity index (χ1) is 14.0. The molecule has 0 spiro atoms. The van der Waals surface area contributed by atoms with Gasteiger partial charge in [0.15, 0.2) is 0 Å². The van der Waals surface area contributed by atoms with Crippen LogP contribution in [0.5, 0.6) is 0 Å². The van der Waals surface area contributed by atoms with E-state index in [4.69, 9.17) is 0 Å². The van der Waals surface area contributed by atoms with Gasteiger partial charge in [0.05, 0.1) is 5.92 Å². The Bertz CT molecular complexity index is 699. The van der Waals surface area contributed by atoms with Crippen LogP contribution >= 0.6 is 0 Å². The molecule has 0 bridgehead atoms. The highest BCUT2D eigenvalue weighted by atomic mass is 19.1. The molecule has 0 N–H and O–H groups in total. The fourth-order valence-corrected chi connectivity index (χ4v) is 4.69. The van der Waals surface area contributed by atoms with Crippen molar-refractivity contribution in [3.05, 3.63) is 35.6 Å². The van der Waals surface area contributed by atoms with E-state index in [-0.39, 0.29) is 29.5 Å². The van der Waals surface area contributed by atoms with Crippen molar-refractivity contribution in [3.8, 4) is 0 Å². The van der Waals surface area contributed by atoms with Crippen LogP contribution in [0.4, 0.5) is 4.39 Å². The van der Waals surface area contributed by atoms with Crippen LogP contribution in [0.3, 0.4) is 0 Å². The third kappa shape index (κ3) is 5.56. The van der Waals surface area contributed by atoms with Gasteiger partial charge in [0, 0.05) is 45.2 Å². The van der Waals surface area contributed by atoms with Crippen LogP contribution in [-0.2, 0) is 16.1 Å². The maximum atomic E-state index is 13.4. The Hall–Kier alpha value is -1.95. The summed E-state index contributed by atoms with van der Waals surface area (Å²) in [6.45, 7) is 9.23. The van der Waals surface area contributed by atoms with E-state index in [1.807, 2.05) is 29.7 Å². The molecule has 0 saturated carbocycles. The number of carbonyl (C=O) groups is 2. The predicted molar refractivity (Wildman–Crippen MR) is 112 cm³/mol. The summed E-state index contributed by atoms with van der Waals surface area (Å²) in [5.74, 6) is 0.306. The normalized spacial score (nSPS) is 21.2. The molecule has 2 heterocycles. The number of nitrogens with zero attached hydrogens (tertiary/aromatic N) is 3. The minimum atomic E-state index is -0.214. The quantitative estimate of drug-likeness (QED) is 0.733. The van der Waals surface area contributed by atoms with Crippen LogP contribution in [0, 0.1) is 17.7 Å². The van der Waals surface area contributed by atoms with Gasteiger partial charge >= 0.3 is 0 Å². The van der Waals surface area contributed by atoms with Crippen LogP contribution in [-0.4, -0.2) is 65.8 Å². The number of rotatable bonds is 6. The highest BCUT2D eigenvalue weighted by Gasteiger charge is 2.33. The molecule has 2 aliphatic heterocycles. The zero-order valence-electron chi connectivity index (χ0n) is 17.8. The number of amides is 2. The van der Waals surface area contributed by atoms with Crippen molar-refractivity contribution in [1.82, 2.24) is 14.7 Å². The fourth-order valence-electron chi connectivity index (χ4n) is 4.69. The highest BCUT2D eigenvalue weighted by Crippen LogP contribution is 2.25. The van der Waals surface area contributed by atoms with E-state index in [0.29, 0.717) is 19.6 Å². The molecule has 1 aromatic carbocycles. The first-order valence-electron chi connectivity index (χ1n) is 11.1. The summed E-state index contributed by atoms with van der Waals surface area (Å²) in [5, 5.41) is 0. The lowest BCUT2D eigenvalue weighted by Crippen LogP contribution is -2.49. The number of hydrogen-bond donors (Lipinski definition) is 0. The maximum Gasteiger partial charge on any atom is 0.226 e. The fraction of sp³-hybridized carbons (Fsp3) is 0.652. The van der Waals surface area contributed by atoms with E-state index in [2.05, 4.69) is 4.90 Å². The van der Waals surface area contributed by atoms with E-state index in [0.717, 1.165) is 57.4 Å². The van der Waals surface area contributed by atoms with Gasteiger partial charge in [0.2, 0.25) is 11.8 Å². The molecular weight excluding hydrogens is 369 g/mol. The summed E-state index contributed by atoms with van der Waals surface area (Å²) in [4.78, 5) is 31.8. The molecule has 29 heavy (non-hydrogen) atoms. The second kappa shape index (κ2) is 10.2. The summed E-state index contributed by atoms with van der Waals surface area (Å²) >= 11 is 0. The molecule has 2 aliphatic rings. The van der Waals surface area contributed by atoms with Crippen molar-refractivity contribution < 1.29 is 14.0 Å². The van der Waals surface area contributed by atoms with Gasteiger partial charge in [0.25, 0.3) is 0 Å². The van der Waals surface area contributed by atoms with Gasteiger partial charge < -0.3 is 9.80 Å². The highest BCUT2D eigenvalue weighted by molar-refractivity contribution is 5.81. The molecule has 2 fully saturated rings. The minimum absolute atomic E-state index is 0.00680. The molecule has 0 aromatic heterocycles. The molecule has 0 aliphatic carbocycles. The number of benzene rings is 1. The number of halogens is 1. The summed E-state index contributed by atoms with van der Waals surface area (Å²) in [6.07, 6.45) is 3.43. The molecule has 5 nitrogen and oxygen atoms in total. The monoisotopic (exact) mass is 403 g/mol. The van der Waals surface area contributed by atoms with Crippen molar-refractivity contribution in [2.45, 2.75) is 46.1 Å². The molecule has 1 unspecified atom stereocenters. The maximum absolute atomic E-state index is 13.4. The second-order valence-corrected chi connectivity index (χ2v) is 8.31. The van der Waals surface area contributed by atoms with Crippen molar-refractivity contribution >= 4 is 11.8 Å². The standard InChI is InChI=1S/C23H34FN3O2/c1-3-26(4-2)22(28)19-10-13-27(14-11-19)23(29)20-8-6-12-25(17-20)16-18-7-5-9-21(24)15-18/h5,7,9,15,19-20H,3-4,6,8,10-14,16-17H2,1-2H3. The molecular formula is C23H34FN3O2. The lowest BCUT2D eigenvalue weighted by Gasteiger charge is -2.38. The SMILES string of the molecule is CCN(CC)C(=O)C1CCN(C(=O)C2CCCN(Cc3cccc(F)c3)C2)CC1. The Morgan fingerprint density at radius 2 is 1.79 bits per heavy atom. The largest absolute Gasteiger partial charge is 0.343 e. The Kier molecular flexibility index (Phi) is 7.64. The van der Waals surface area contributed by atoms with Crippen LogP contribution in [0.1, 0.15) is 45.1 Å². The third-order valence-electron chi connectivity index (χ3n) is 6.38. The topological polar surface area (TPSA) is 43.9 Å². The average molecular weight is 404 g/mol. The Labute approximate surface area is 173 Å². The average Bonchev–Trinajstić information content (AvgIpc) is 2.74. The van der Waals surface area contributed by atoms with Gasteiger partial charge in [0.1, 0.15) is 5.82 Å². The van der Waals surface area contributed by atoms with Crippen LogP contribution < -0.4 is 0 Å². The zero-order valence-corrected chi connectivity index (χ0v) is 17.8. The Morgan fingerprint density at radius 1 is 1.07 bits per heavy atom. The molecule has 160 valence electrons. The lowest BCUT2D eigenvalue weighted by atomic mass is 9.92. The Morgan fingerprint density at radius 3 is 2.45 bits per heavy atom. The third-order valence-corrected chi connectivity index (χ3v) is 6.38. The molecule has 3 rings (SSSR count). The van der Waals surface area contributed by atoms with Gasteiger partial charge in [-0.15, -0.1) is 0 Å². The van der Waals surface area contributed by atoms with Crippen molar-refractivity contribution in [2.24, 2.45) is 11.8 Å². The van der Waals surface area contributed by atoms with E-state index >= 15 is 0 Å². The minimum Gasteiger partial charge on any atom is -0.343 e. The first kappa shape index (κ1) is 21.8. The van der Waals surface area contributed by atoms with Crippen LogP contribution in [0.2, 0.25) is 0 Å². The molecule has 2 amide bonds. The van der Waals surface area contributed by atoms with Crippen LogP contribution in [0.25, 0.3) is 0 Å². The zero-order chi connectivity index (χ0) is 20.8. The molecule has 0 radical (unpaired) electrons. The molecule has 1 aromatic rings. The number of hydrogen-bond acceptors (Lipinski definition) is 3. The molecule has 1 atom stereocenters. The van der Waals surface area contributed by atoms with Crippen LogP contribution in [0.15, 0.2) is 24.3 Å². The van der Waals surface area contributed by atoms with E-state index in [1.54, 1.807) is 12.1 Å². The first-order valence-corrected chi connectivity index (χ1v) is 11.1. The van der Waals surface area contributed by atoms with E-state index < -0.39 is 0 Å². The number of likely N-dealkylation sites (tertiary alicyclic amines) is 2. The molecule has 2 saturated heterocycles. The van der Waals surface area contributed by atoms with Gasteiger partial charge in [-0.2, -0.15) is 0 Å². The smallest absolute Gasteiger partial charge is 0.226 e. The van der Waals surface area contributed by atoms with Gasteiger partial charge in [-0.05, 0) is 63.8 Å². The number of carbonyl (C=O) groups excluding carboxylic acids is 2. The predicted octanol–water partition coefficient (Wildman–Crippen LogP) is 3.14. The Balaban J connectivity index is 1.51. The van der Waals surface area contributed by atoms with Crippen molar-refractivity contribution in [3.63, 3.8) is 0 Å².